The van der Waals surface area contributed by atoms with Gasteiger partial charge in [-0.1, -0.05) is 0 Å². The number of carbonyl (C=O) groups is 1. The van der Waals surface area contributed by atoms with Crippen molar-refractivity contribution in [2.75, 3.05) is 12.3 Å². The quantitative estimate of drug-likeness (QED) is 0.860. The van der Waals surface area contributed by atoms with Crippen molar-refractivity contribution >= 4 is 15.9 Å². The molecule has 2 atom stereocenters. The summed E-state index contributed by atoms with van der Waals surface area (Å²) in [6.07, 6.45) is 0.235. The van der Waals surface area contributed by atoms with Gasteiger partial charge >= 0.3 is 0 Å². The number of hydrogen-bond donors (Lipinski definition) is 1. The lowest BCUT2D eigenvalue weighted by Gasteiger charge is -2.25. The van der Waals surface area contributed by atoms with Crippen LogP contribution < -0.4 is 5.14 Å². The first-order chi connectivity index (χ1) is 9.60. The maximum atomic E-state index is 12.2. The standard InChI is InChI=1S/C13H22N4O3S/c1-8-13(9(2)16(4)15-8)10(3)17-6-11(5-12(17)18)7-21(14,19)20/h10-11H,5-7H2,1-4H3,(H2,14,19,20). The molecule has 118 valence electrons. The Labute approximate surface area is 125 Å². The molecule has 0 spiro atoms. The predicted molar refractivity (Wildman–Crippen MR) is 78.9 cm³/mol. The zero-order valence-corrected chi connectivity index (χ0v) is 13.6. The number of sulfonamides is 1. The zero-order chi connectivity index (χ0) is 15.9. The molecule has 1 fully saturated rings. The molecule has 0 aliphatic carbocycles. The Kier molecular flexibility index (Phi) is 4.12. The van der Waals surface area contributed by atoms with Gasteiger partial charge in [-0.2, -0.15) is 5.10 Å². The number of nitrogens with zero attached hydrogens (tertiary/aromatic N) is 3. The van der Waals surface area contributed by atoms with Crippen LogP contribution in [0.25, 0.3) is 0 Å². The number of likely N-dealkylation sites (tertiary alicyclic amines) is 1. The van der Waals surface area contributed by atoms with E-state index in [9.17, 15) is 13.2 Å². The van der Waals surface area contributed by atoms with Gasteiger partial charge in [-0.05, 0) is 20.8 Å². The Balaban J connectivity index is 2.20. The van der Waals surface area contributed by atoms with E-state index in [1.807, 2.05) is 27.8 Å². The molecule has 0 aromatic carbocycles. The second-order valence-electron chi connectivity index (χ2n) is 5.83. The van der Waals surface area contributed by atoms with E-state index in [1.54, 1.807) is 9.58 Å². The highest BCUT2D eigenvalue weighted by Gasteiger charge is 2.36. The molecule has 2 N–H and O–H groups in total. The monoisotopic (exact) mass is 314 g/mol. The molecule has 0 radical (unpaired) electrons. The van der Waals surface area contributed by atoms with E-state index in [2.05, 4.69) is 5.10 Å². The highest BCUT2D eigenvalue weighted by Crippen LogP contribution is 2.31. The summed E-state index contributed by atoms with van der Waals surface area (Å²) >= 11 is 0. The van der Waals surface area contributed by atoms with Crippen LogP contribution in [-0.4, -0.2) is 41.3 Å². The number of aryl methyl sites for hydroxylation is 2. The van der Waals surface area contributed by atoms with E-state index >= 15 is 0 Å². The summed E-state index contributed by atoms with van der Waals surface area (Å²) in [5, 5.41) is 9.44. The molecule has 1 aromatic rings. The molecule has 1 aromatic heterocycles. The summed E-state index contributed by atoms with van der Waals surface area (Å²) in [5.74, 6) is -0.404. The van der Waals surface area contributed by atoms with E-state index in [-0.39, 0.29) is 30.0 Å². The number of amides is 1. The van der Waals surface area contributed by atoms with Gasteiger partial charge in [-0.15, -0.1) is 0 Å². The average Bonchev–Trinajstić information content (AvgIpc) is 2.78. The first-order valence-electron chi connectivity index (χ1n) is 6.90. The molecule has 1 aliphatic heterocycles. The summed E-state index contributed by atoms with van der Waals surface area (Å²) in [6.45, 7) is 6.26. The van der Waals surface area contributed by atoms with Crippen molar-refractivity contribution in [1.29, 1.82) is 0 Å². The van der Waals surface area contributed by atoms with Gasteiger partial charge in [0, 0.05) is 37.2 Å². The minimum Gasteiger partial charge on any atom is -0.335 e. The number of hydrogen-bond acceptors (Lipinski definition) is 4. The normalized spacial score (nSPS) is 21.1. The van der Waals surface area contributed by atoms with Crippen LogP contribution in [0, 0.1) is 19.8 Å². The number of rotatable bonds is 4. The average molecular weight is 314 g/mol. The van der Waals surface area contributed by atoms with Crippen LogP contribution >= 0.6 is 0 Å². The van der Waals surface area contributed by atoms with Crippen molar-refractivity contribution in [3.8, 4) is 0 Å². The van der Waals surface area contributed by atoms with Crippen LogP contribution in [-0.2, 0) is 21.9 Å². The summed E-state index contributed by atoms with van der Waals surface area (Å²) in [4.78, 5) is 13.9. The number of aromatic nitrogens is 2. The third-order valence-corrected chi connectivity index (χ3v) is 5.09. The van der Waals surface area contributed by atoms with Crippen molar-refractivity contribution in [3.63, 3.8) is 0 Å². The van der Waals surface area contributed by atoms with E-state index in [0.717, 1.165) is 17.0 Å². The van der Waals surface area contributed by atoms with E-state index in [1.165, 1.54) is 0 Å². The van der Waals surface area contributed by atoms with Gasteiger partial charge in [0.2, 0.25) is 15.9 Å². The lowest BCUT2D eigenvalue weighted by molar-refractivity contribution is -0.129. The molecule has 1 saturated heterocycles. The van der Waals surface area contributed by atoms with Crippen LogP contribution in [0.1, 0.15) is 36.3 Å². The van der Waals surface area contributed by atoms with Crippen LogP contribution in [0.15, 0.2) is 0 Å². The van der Waals surface area contributed by atoms with Gasteiger partial charge in [0.25, 0.3) is 0 Å². The third kappa shape index (κ3) is 3.26. The summed E-state index contributed by atoms with van der Waals surface area (Å²) in [6, 6.07) is -0.114. The lowest BCUT2D eigenvalue weighted by Crippen LogP contribution is -2.30. The SMILES string of the molecule is Cc1nn(C)c(C)c1C(C)N1CC(CS(N)(=O)=O)CC1=O. The Morgan fingerprint density at radius 3 is 2.52 bits per heavy atom. The minimum atomic E-state index is -3.55. The first-order valence-corrected chi connectivity index (χ1v) is 8.61. The minimum absolute atomic E-state index is 0.0289. The molecule has 0 saturated carbocycles. The van der Waals surface area contributed by atoms with Crippen molar-refractivity contribution < 1.29 is 13.2 Å². The molecule has 7 nitrogen and oxygen atoms in total. The van der Waals surface area contributed by atoms with Gasteiger partial charge in [0.1, 0.15) is 0 Å². The predicted octanol–water partition coefficient (Wildman–Crippen LogP) is 0.235. The highest BCUT2D eigenvalue weighted by atomic mass is 32.2. The summed E-state index contributed by atoms with van der Waals surface area (Å²) in [5.41, 5.74) is 2.94. The Morgan fingerprint density at radius 1 is 1.43 bits per heavy atom. The number of nitrogens with two attached hydrogens (primary N) is 1. The Bertz CT molecular complexity index is 665. The van der Waals surface area contributed by atoms with Crippen LogP contribution in [0.4, 0.5) is 0 Å². The van der Waals surface area contributed by atoms with Crippen molar-refractivity contribution in [2.24, 2.45) is 18.1 Å². The molecule has 2 rings (SSSR count). The summed E-state index contributed by atoms with van der Waals surface area (Å²) < 4.78 is 24.2. The molecular weight excluding hydrogens is 292 g/mol. The fourth-order valence-electron chi connectivity index (χ4n) is 3.17. The van der Waals surface area contributed by atoms with Gasteiger partial charge in [-0.25, -0.2) is 13.6 Å². The van der Waals surface area contributed by atoms with Crippen molar-refractivity contribution in [2.45, 2.75) is 33.2 Å². The van der Waals surface area contributed by atoms with Gasteiger partial charge < -0.3 is 4.90 Å². The highest BCUT2D eigenvalue weighted by molar-refractivity contribution is 7.89. The largest absolute Gasteiger partial charge is 0.335 e. The molecule has 0 bridgehead atoms. The Morgan fingerprint density at radius 2 is 2.05 bits per heavy atom. The van der Waals surface area contributed by atoms with Gasteiger partial charge in [0.15, 0.2) is 0 Å². The second kappa shape index (κ2) is 5.42. The fourth-order valence-corrected chi connectivity index (χ4v) is 4.05. The van der Waals surface area contributed by atoms with Crippen LogP contribution in [0.5, 0.6) is 0 Å². The van der Waals surface area contributed by atoms with Gasteiger partial charge in [-0.3, -0.25) is 9.48 Å². The zero-order valence-electron chi connectivity index (χ0n) is 12.8. The number of primary sulfonamides is 1. The van der Waals surface area contributed by atoms with Crippen LogP contribution in [0.3, 0.4) is 0 Å². The second-order valence-corrected chi connectivity index (χ2v) is 7.49. The summed E-state index contributed by atoms with van der Waals surface area (Å²) in [7, 11) is -1.68. The number of carbonyl (C=O) groups excluding carboxylic acids is 1. The van der Waals surface area contributed by atoms with Crippen molar-refractivity contribution in [3.05, 3.63) is 17.0 Å². The van der Waals surface area contributed by atoms with Gasteiger partial charge in [0.05, 0.1) is 17.5 Å². The smallest absolute Gasteiger partial charge is 0.223 e. The van der Waals surface area contributed by atoms with E-state index in [0.29, 0.717) is 6.54 Å². The Hall–Kier alpha value is -1.41. The molecule has 2 heterocycles. The molecule has 2 unspecified atom stereocenters. The van der Waals surface area contributed by atoms with E-state index in [4.69, 9.17) is 5.14 Å². The maximum Gasteiger partial charge on any atom is 0.223 e. The molecule has 1 aliphatic rings. The molecule has 1 amide bonds. The lowest BCUT2D eigenvalue weighted by atomic mass is 10.1. The molecular formula is C13H22N4O3S. The van der Waals surface area contributed by atoms with Crippen LogP contribution in [0.2, 0.25) is 0 Å². The van der Waals surface area contributed by atoms with Crippen molar-refractivity contribution in [1.82, 2.24) is 14.7 Å². The topological polar surface area (TPSA) is 98.3 Å². The molecule has 21 heavy (non-hydrogen) atoms. The maximum absolute atomic E-state index is 12.2. The first kappa shape index (κ1) is 16.0. The fraction of sp³-hybridized carbons (Fsp3) is 0.692. The third-order valence-electron chi connectivity index (χ3n) is 4.16. The van der Waals surface area contributed by atoms with E-state index < -0.39 is 10.0 Å². The molecule has 8 heteroatoms.